The fraction of sp³-hybridized carbons (Fsp3) is 0.581. The average Bonchev–Trinajstić information content (AvgIpc) is 3.18. The summed E-state index contributed by atoms with van der Waals surface area (Å²) in [6, 6.07) is 0.576. The van der Waals surface area contributed by atoms with Gasteiger partial charge in [0.2, 0.25) is 11.0 Å². The van der Waals surface area contributed by atoms with Crippen LogP contribution in [0.3, 0.4) is 0 Å². The van der Waals surface area contributed by atoms with Gasteiger partial charge in [0, 0.05) is 28.9 Å². The predicted molar refractivity (Wildman–Crippen MR) is 156 cm³/mol. The fourth-order valence-electron chi connectivity index (χ4n) is 8.45. The number of nitrogens with zero attached hydrogens (tertiary/aromatic N) is 1. The second kappa shape index (κ2) is 11.1. The molecule has 1 aromatic rings. The lowest BCUT2D eigenvalue weighted by Crippen LogP contribution is -2.70. The smallest absolute Gasteiger partial charge is 0.339 e. The summed E-state index contributed by atoms with van der Waals surface area (Å²) in [7, 11) is 0. The number of ketones is 1. The molecule has 4 aliphatic rings. The van der Waals surface area contributed by atoms with Crippen LogP contribution in [-0.2, 0) is 19.1 Å². The molecule has 3 fully saturated rings. The van der Waals surface area contributed by atoms with E-state index >= 15 is 8.78 Å². The number of thioether (sulfide) groups is 1. The van der Waals surface area contributed by atoms with Gasteiger partial charge in [-0.05, 0) is 80.6 Å². The monoisotopic (exact) mass is 635 g/mol. The molecule has 0 saturated heterocycles. The molecular weight excluding hydrogens is 599 g/mol. The summed E-state index contributed by atoms with van der Waals surface area (Å²) >= 11 is 0.312. The van der Waals surface area contributed by atoms with Gasteiger partial charge in [-0.2, -0.15) is 0 Å². The molecule has 13 heteroatoms. The number of carbonyl (C=O) groups excluding carboxylic acids is 4. The second-order valence-electron chi connectivity index (χ2n) is 12.9. The molecule has 4 aliphatic carbocycles. The molecule has 4 N–H and O–H groups in total. The number of hydrogen-bond donors (Lipinski definition) is 3. The number of pyridine rings is 1. The van der Waals surface area contributed by atoms with Gasteiger partial charge >= 0.3 is 5.97 Å². The molecule has 10 atom stereocenters. The number of aliphatic hydroxyl groups excluding tert-OH is 1. The van der Waals surface area contributed by atoms with E-state index in [9.17, 15) is 28.7 Å². The molecule has 0 aliphatic heterocycles. The van der Waals surface area contributed by atoms with Crippen LogP contribution < -0.4 is 11.1 Å². The Kier molecular flexibility index (Phi) is 8.16. The number of aliphatic hydroxyl groups is 1. The van der Waals surface area contributed by atoms with Gasteiger partial charge in [0.25, 0.3) is 0 Å². The Bertz CT molecular complexity index is 1470. The zero-order chi connectivity index (χ0) is 32.4. The van der Waals surface area contributed by atoms with Crippen LogP contribution in [-0.4, -0.2) is 68.5 Å². The third-order valence-corrected chi connectivity index (χ3v) is 11.2. The van der Waals surface area contributed by atoms with Gasteiger partial charge in [-0.25, -0.2) is 22.9 Å². The van der Waals surface area contributed by atoms with E-state index in [2.05, 4.69) is 10.3 Å². The molecule has 0 bridgehead atoms. The molecule has 1 aromatic heterocycles. The highest BCUT2D eigenvalue weighted by Crippen LogP contribution is 2.72. The summed E-state index contributed by atoms with van der Waals surface area (Å²) in [5.41, 5.74) is -2.00. The van der Waals surface area contributed by atoms with Crippen LogP contribution >= 0.6 is 11.8 Å². The van der Waals surface area contributed by atoms with E-state index in [1.807, 2.05) is 0 Å². The zero-order valence-electron chi connectivity index (χ0n) is 24.8. The first-order valence-corrected chi connectivity index (χ1v) is 15.5. The number of esters is 1. The number of hydrogen-bond acceptors (Lipinski definition) is 9. The molecule has 0 spiro atoms. The third-order valence-electron chi connectivity index (χ3n) is 10.6. The van der Waals surface area contributed by atoms with Crippen molar-refractivity contribution >= 4 is 40.4 Å². The Hall–Kier alpha value is -3.03. The quantitative estimate of drug-likeness (QED) is 0.394. The minimum absolute atomic E-state index is 0.00596. The number of nitrogens with two attached hydrogens (primary N) is 1. The molecular formula is C31H36F3N3O6S. The van der Waals surface area contributed by atoms with Crippen molar-refractivity contribution in [3.05, 3.63) is 47.7 Å². The van der Waals surface area contributed by atoms with E-state index in [1.54, 1.807) is 13.8 Å². The number of amides is 1. The van der Waals surface area contributed by atoms with Crippen LogP contribution in [0, 0.1) is 28.6 Å². The van der Waals surface area contributed by atoms with Crippen LogP contribution in [0.2, 0.25) is 0 Å². The van der Waals surface area contributed by atoms with Gasteiger partial charge in [-0.3, -0.25) is 14.4 Å². The largest absolute Gasteiger partial charge is 0.446 e. The molecule has 0 aromatic carbocycles. The molecule has 44 heavy (non-hydrogen) atoms. The second-order valence-corrected chi connectivity index (χ2v) is 13.7. The minimum atomic E-state index is -2.41. The summed E-state index contributed by atoms with van der Waals surface area (Å²) < 4.78 is 53.2. The molecule has 3 saturated carbocycles. The van der Waals surface area contributed by atoms with Gasteiger partial charge in [0.05, 0.1) is 17.7 Å². The maximum Gasteiger partial charge on any atom is 0.339 e. The SMILES string of the molecule is C[C@H](N)C(=O)Nc1cc(C(=O)O[C@]2(C(=O)SCF)[C@H](C)C[C@H]3[C@@H]4C[C@H](F)C5=CC(=O)C=C[C@]5(C)[C@@]4(F)[C@@H](O)C[C@@]32C)ccn1. The van der Waals surface area contributed by atoms with E-state index in [0.717, 1.165) is 6.08 Å². The summed E-state index contributed by atoms with van der Waals surface area (Å²) in [6.07, 6.45) is 0.804. The van der Waals surface area contributed by atoms with Gasteiger partial charge < -0.3 is 20.9 Å². The number of carbonyl (C=O) groups is 4. The van der Waals surface area contributed by atoms with Crippen molar-refractivity contribution in [3.8, 4) is 0 Å². The number of aromatic nitrogens is 1. The number of ether oxygens (including phenoxy) is 1. The number of allylic oxidation sites excluding steroid dienone is 4. The summed E-state index contributed by atoms with van der Waals surface area (Å²) in [5, 5.41) is 13.3. The lowest BCUT2D eigenvalue weighted by molar-refractivity contribution is -0.221. The lowest BCUT2D eigenvalue weighted by Gasteiger charge is -2.63. The van der Waals surface area contributed by atoms with Gasteiger partial charge in [-0.15, -0.1) is 0 Å². The number of anilines is 1. The molecule has 0 unspecified atom stereocenters. The molecule has 238 valence electrons. The van der Waals surface area contributed by atoms with Crippen LogP contribution in [0.15, 0.2) is 42.1 Å². The normalized spacial score (nSPS) is 39.8. The van der Waals surface area contributed by atoms with Crippen LogP contribution in [0.5, 0.6) is 0 Å². The Labute approximate surface area is 257 Å². The molecule has 1 heterocycles. The minimum Gasteiger partial charge on any atom is -0.446 e. The van der Waals surface area contributed by atoms with Crippen LogP contribution in [0.4, 0.5) is 19.0 Å². The Balaban J connectivity index is 1.57. The van der Waals surface area contributed by atoms with Crippen molar-refractivity contribution in [2.75, 3.05) is 11.3 Å². The van der Waals surface area contributed by atoms with E-state index in [-0.39, 0.29) is 36.2 Å². The number of rotatable bonds is 6. The standard InChI is InChI=1S/C31H36F3N3O6S/c1-15-9-19-20-12-22(33)21-11-18(38)5-7-28(21,3)30(20,34)23(39)13-29(19,4)31(15,27(42)44-14-32)43-26(41)17-6-8-36-24(10-17)37-25(40)16(2)35/h5-8,10-11,15-16,19-20,22-23,39H,9,12-14,35H2,1-4H3,(H,36,37,40)/t15-,16+,19+,20+,22+,23+,28+,29+,30+,31+/m1/s1. The maximum absolute atomic E-state index is 17.6. The highest BCUT2D eigenvalue weighted by Gasteiger charge is 2.78. The maximum atomic E-state index is 17.6. The number of alkyl halides is 3. The first-order valence-electron chi connectivity index (χ1n) is 14.5. The van der Waals surface area contributed by atoms with Crippen LogP contribution in [0.1, 0.15) is 57.3 Å². The molecule has 5 rings (SSSR count). The van der Waals surface area contributed by atoms with Crippen molar-refractivity contribution in [2.24, 2.45) is 34.3 Å². The van der Waals surface area contributed by atoms with E-state index in [1.165, 1.54) is 44.3 Å². The zero-order valence-corrected chi connectivity index (χ0v) is 25.6. The van der Waals surface area contributed by atoms with Gasteiger partial charge in [0.1, 0.15) is 18.0 Å². The van der Waals surface area contributed by atoms with Crippen molar-refractivity contribution in [1.29, 1.82) is 0 Å². The summed E-state index contributed by atoms with van der Waals surface area (Å²) in [4.78, 5) is 55.8. The van der Waals surface area contributed by atoms with E-state index in [0.29, 0.717) is 11.8 Å². The average molecular weight is 636 g/mol. The lowest BCUT2D eigenvalue weighted by atomic mass is 9.44. The molecule has 0 radical (unpaired) electrons. The summed E-state index contributed by atoms with van der Waals surface area (Å²) in [5.74, 6) is -4.65. The highest BCUT2D eigenvalue weighted by molar-refractivity contribution is 8.13. The predicted octanol–water partition coefficient (Wildman–Crippen LogP) is 4.01. The number of halogens is 3. The van der Waals surface area contributed by atoms with Crippen molar-refractivity contribution in [2.45, 2.75) is 76.5 Å². The van der Waals surface area contributed by atoms with Crippen LogP contribution in [0.25, 0.3) is 0 Å². The molecule has 1 amide bonds. The number of nitrogens with one attached hydrogen (secondary N) is 1. The fourth-order valence-corrected chi connectivity index (χ4v) is 9.24. The highest BCUT2D eigenvalue weighted by atomic mass is 32.2. The third kappa shape index (κ3) is 4.48. The van der Waals surface area contributed by atoms with Crippen molar-refractivity contribution in [1.82, 2.24) is 4.98 Å². The Morgan fingerprint density at radius 3 is 2.64 bits per heavy atom. The Morgan fingerprint density at radius 2 is 1.98 bits per heavy atom. The van der Waals surface area contributed by atoms with Gasteiger partial charge in [-0.1, -0.05) is 19.9 Å². The van der Waals surface area contributed by atoms with E-state index in [4.69, 9.17) is 10.5 Å². The summed E-state index contributed by atoms with van der Waals surface area (Å²) in [6.45, 7) is 6.18. The van der Waals surface area contributed by atoms with Crippen molar-refractivity contribution < 1.29 is 42.2 Å². The first kappa shape index (κ1) is 32.4. The number of fused-ring (bicyclic) bond motifs is 5. The first-order chi connectivity index (χ1) is 20.6. The van der Waals surface area contributed by atoms with Gasteiger partial charge in [0.15, 0.2) is 17.1 Å². The Morgan fingerprint density at radius 1 is 1.27 bits per heavy atom. The topological polar surface area (TPSA) is 149 Å². The molecule has 9 nitrogen and oxygen atoms in total. The van der Waals surface area contributed by atoms with E-state index < -0.39 is 87.0 Å². The van der Waals surface area contributed by atoms with Crippen molar-refractivity contribution in [3.63, 3.8) is 0 Å².